The van der Waals surface area contributed by atoms with Gasteiger partial charge in [0.1, 0.15) is 5.82 Å². The number of pyridine rings is 1. The number of fused-ring (bicyclic) bond motifs is 1. The third-order valence-electron chi connectivity index (χ3n) is 10.1. The average Bonchev–Trinajstić information content (AvgIpc) is 3.78. The number of amides is 2. The summed E-state index contributed by atoms with van der Waals surface area (Å²) in [5, 5.41) is 18.0. The Hall–Kier alpha value is -4.58. The number of hydrogen-bond donors (Lipinski definition) is 3. The molecule has 8 rings (SSSR count). The van der Waals surface area contributed by atoms with Gasteiger partial charge >= 0.3 is 0 Å². The summed E-state index contributed by atoms with van der Waals surface area (Å²) in [6.07, 6.45) is 4.98. The number of thiophene rings is 1. The van der Waals surface area contributed by atoms with Gasteiger partial charge in [0.2, 0.25) is 0 Å². The Kier molecular flexibility index (Phi) is 8.21. The van der Waals surface area contributed by atoms with Crippen molar-refractivity contribution in [3.63, 3.8) is 0 Å². The SMILES string of the molecule is Cc1cnc(N2CC3(CCOCC3)C2)c(C(=O)Nc2ccc(C(O)N3c4ccccc4N=C(c4ccc(C(=O)NC5CC5)s4)[C@@H]3C)cc2)c1. The molecule has 5 heterocycles. The van der Waals surface area contributed by atoms with Gasteiger partial charge in [-0.15, -0.1) is 11.3 Å². The van der Waals surface area contributed by atoms with Crippen molar-refractivity contribution in [2.75, 3.05) is 41.4 Å². The third kappa shape index (κ3) is 6.22. The van der Waals surface area contributed by atoms with E-state index in [1.165, 1.54) is 11.3 Å². The Morgan fingerprint density at radius 2 is 1.78 bits per heavy atom. The number of rotatable bonds is 8. The molecule has 2 saturated heterocycles. The number of para-hydroxylation sites is 2. The van der Waals surface area contributed by atoms with E-state index in [1.807, 2.05) is 91.7 Å². The molecule has 2 atom stereocenters. The van der Waals surface area contributed by atoms with E-state index in [0.717, 1.165) is 79.5 Å². The summed E-state index contributed by atoms with van der Waals surface area (Å²) in [4.78, 5) is 41.7. The number of carbonyl (C=O) groups excluding carboxylic acids is 2. The Morgan fingerprint density at radius 1 is 1.02 bits per heavy atom. The van der Waals surface area contributed by atoms with Crippen LogP contribution in [-0.4, -0.2) is 66.0 Å². The van der Waals surface area contributed by atoms with Gasteiger partial charge in [-0.3, -0.25) is 9.59 Å². The van der Waals surface area contributed by atoms with Gasteiger partial charge in [0, 0.05) is 55.2 Å². The fourth-order valence-electron chi connectivity index (χ4n) is 7.14. The predicted octanol–water partition coefficient (Wildman–Crippen LogP) is 6.23. The monoisotopic (exact) mass is 676 g/mol. The van der Waals surface area contributed by atoms with Crippen LogP contribution in [-0.2, 0) is 4.74 Å². The van der Waals surface area contributed by atoms with E-state index in [-0.39, 0.29) is 29.3 Å². The van der Waals surface area contributed by atoms with E-state index < -0.39 is 6.23 Å². The van der Waals surface area contributed by atoms with Gasteiger partial charge in [0.15, 0.2) is 6.23 Å². The van der Waals surface area contributed by atoms with Crippen molar-refractivity contribution in [3.8, 4) is 0 Å². The lowest BCUT2D eigenvalue weighted by atomic mass is 9.73. The van der Waals surface area contributed by atoms with Gasteiger partial charge in [-0.25, -0.2) is 9.98 Å². The number of nitrogens with zero attached hydrogens (tertiary/aromatic N) is 4. The zero-order valence-corrected chi connectivity index (χ0v) is 28.5. The van der Waals surface area contributed by atoms with Crippen molar-refractivity contribution in [1.29, 1.82) is 0 Å². The Balaban J connectivity index is 0.990. The summed E-state index contributed by atoms with van der Waals surface area (Å²) in [6, 6.07) is 20.8. The van der Waals surface area contributed by atoms with Crippen LogP contribution in [0.3, 0.4) is 0 Å². The first-order valence-corrected chi connectivity index (χ1v) is 17.8. The Morgan fingerprint density at radius 3 is 2.53 bits per heavy atom. The van der Waals surface area contributed by atoms with E-state index in [1.54, 1.807) is 0 Å². The third-order valence-corrected chi connectivity index (χ3v) is 11.2. The van der Waals surface area contributed by atoms with Crippen LogP contribution in [0.25, 0.3) is 0 Å². The number of aliphatic hydroxyl groups excluding tert-OH is 1. The molecule has 2 aromatic heterocycles. The number of hydrogen-bond acceptors (Lipinski definition) is 9. The van der Waals surface area contributed by atoms with Crippen LogP contribution in [0.1, 0.15) is 74.9 Å². The molecule has 0 radical (unpaired) electrons. The van der Waals surface area contributed by atoms with Crippen molar-refractivity contribution < 1.29 is 19.4 Å². The lowest BCUT2D eigenvalue weighted by molar-refractivity contribution is -0.000510. The van der Waals surface area contributed by atoms with Crippen molar-refractivity contribution in [2.45, 2.75) is 57.8 Å². The fourth-order valence-corrected chi connectivity index (χ4v) is 8.12. The van der Waals surface area contributed by atoms with Crippen molar-refractivity contribution >= 4 is 51.7 Å². The van der Waals surface area contributed by atoms with Crippen LogP contribution >= 0.6 is 11.3 Å². The highest BCUT2D eigenvalue weighted by Crippen LogP contribution is 2.43. The topological polar surface area (TPSA) is 119 Å². The van der Waals surface area contributed by atoms with Crippen LogP contribution < -0.4 is 20.4 Å². The molecule has 1 unspecified atom stereocenters. The molecule has 4 aromatic rings. The van der Waals surface area contributed by atoms with Gasteiger partial charge in [0.05, 0.1) is 38.4 Å². The lowest BCUT2D eigenvalue weighted by Crippen LogP contribution is -2.59. The number of nitrogens with one attached hydrogen (secondary N) is 2. The molecule has 2 amide bonds. The maximum Gasteiger partial charge on any atom is 0.261 e. The van der Waals surface area contributed by atoms with Crippen LogP contribution in [0, 0.1) is 12.3 Å². The fraction of sp³-hybridized carbons (Fsp3) is 0.368. The van der Waals surface area contributed by atoms with Crippen molar-refractivity contribution in [2.24, 2.45) is 10.4 Å². The van der Waals surface area contributed by atoms with E-state index in [0.29, 0.717) is 27.5 Å². The zero-order chi connectivity index (χ0) is 33.7. The molecule has 1 spiro atoms. The summed E-state index contributed by atoms with van der Waals surface area (Å²) in [6.45, 7) is 7.31. The number of aryl methyl sites for hydroxylation is 1. The number of aromatic nitrogens is 1. The Bertz CT molecular complexity index is 1920. The summed E-state index contributed by atoms with van der Waals surface area (Å²) >= 11 is 1.42. The molecule has 3 N–H and O–H groups in total. The lowest BCUT2D eigenvalue weighted by Gasteiger charge is -2.53. The maximum absolute atomic E-state index is 13.6. The predicted molar refractivity (Wildman–Crippen MR) is 192 cm³/mol. The number of benzene rings is 2. The van der Waals surface area contributed by atoms with E-state index in [4.69, 9.17) is 9.73 Å². The number of aliphatic imine (C=N–C) groups is 1. The first-order chi connectivity index (χ1) is 23.8. The standard InChI is InChI=1S/C38H40N6O4S/c1-23-19-28(34(39-20-23)43-21-38(22-43)15-17-48-18-16-38)35(45)40-26-9-7-25(8-10-26)37(47)44-24(2)33(42-29-5-3-4-6-30(29)44)31-13-14-32(49-31)36(46)41-27-11-12-27/h3-10,13-14,19-20,24,27,37,47H,11-12,15-18,21-22H2,1-2H3,(H,40,45)(H,41,46)/t24-,37?/m0/s1. The Labute approximate surface area is 289 Å². The zero-order valence-electron chi connectivity index (χ0n) is 27.7. The highest BCUT2D eigenvalue weighted by atomic mass is 32.1. The smallest absolute Gasteiger partial charge is 0.261 e. The molecule has 252 valence electrons. The normalized spacial score (nSPS) is 20.2. The molecule has 10 nitrogen and oxygen atoms in total. The molecular weight excluding hydrogens is 637 g/mol. The van der Waals surface area contributed by atoms with Gasteiger partial charge in [-0.2, -0.15) is 0 Å². The average molecular weight is 677 g/mol. The van der Waals surface area contributed by atoms with Crippen molar-refractivity contribution in [3.05, 3.63) is 99.4 Å². The second-order valence-corrected chi connectivity index (χ2v) is 14.9. The first-order valence-electron chi connectivity index (χ1n) is 17.0. The summed E-state index contributed by atoms with van der Waals surface area (Å²) in [5.74, 6) is 0.447. The second kappa shape index (κ2) is 12.7. The van der Waals surface area contributed by atoms with E-state index in [9.17, 15) is 14.7 Å². The highest BCUT2D eigenvalue weighted by molar-refractivity contribution is 7.16. The van der Waals surface area contributed by atoms with Crippen molar-refractivity contribution in [1.82, 2.24) is 10.3 Å². The van der Waals surface area contributed by atoms with Gasteiger partial charge in [-0.05, 0) is 87.6 Å². The maximum atomic E-state index is 13.6. The first kappa shape index (κ1) is 31.7. The summed E-state index contributed by atoms with van der Waals surface area (Å²) < 4.78 is 5.57. The number of ether oxygens (including phenoxy) is 1. The molecule has 3 fully saturated rings. The molecule has 11 heteroatoms. The number of aliphatic hydroxyl groups is 1. The summed E-state index contributed by atoms with van der Waals surface area (Å²) in [5.41, 5.74) is 5.41. The van der Waals surface area contributed by atoms with E-state index >= 15 is 0 Å². The molecule has 4 aliphatic rings. The molecule has 1 saturated carbocycles. The minimum Gasteiger partial charge on any atom is -0.381 e. The summed E-state index contributed by atoms with van der Waals surface area (Å²) in [7, 11) is 0. The molecule has 0 bridgehead atoms. The molecular formula is C38H40N6O4S. The molecule has 1 aliphatic carbocycles. The molecule has 49 heavy (non-hydrogen) atoms. The van der Waals surface area contributed by atoms with E-state index in [2.05, 4.69) is 20.5 Å². The minimum absolute atomic E-state index is 0.0499. The van der Waals surface area contributed by atoms with Gasteiger partial charge in [-0.1, -0.05) is 24.3 Å². The van der Waals surface area contributed by atoms with Crippen LogP contribution in [0.2, 0.25) is 0 Å². The quantitative estimate of drug-likeness (QED) is 0.202. The highest BCUT2D eigenvalue weighted by Gasteiger charge is 2.45. The van der Waals surface area contributed by atoms with Gasteiger partial charge < -0.3 is 30.3 Å². The minimum atomic E-state index is -0.986. The van der Waals surface area contributed by atoms with Crippen LogP contribution in [0.4, 0.5) is 22.9 Å². The molecule has 2 aromatic carbocycles. The largest absolute Gasteiger partial charge is 0.381 e. The molecule has 3 aliphatic heterocycles. The number of anilines is 3. The second-order valence-electron chi connectivity index (χ2n) is 13.8. The number of carbonyl (C=O) groups is 2. The van der Waals surface area contributed by atoms with Crippen LogP contribution in [0.15, 0.2) is 77.9 Å². The van der Waals surface area contributed by atoms with Crippen LogP contribution in [0.5, 0.6) is 0 Å². The van der Waals surface area contributed by atoms with Gasteiger partial charge in [0.25, 0.3) is 11.8 Å².